The summed E-state index contributed by atoms with van der Waals surface area (Å²) in [6.45, 7) is 0. The highest BCUT2D eigenvalue weighted by molar-refractivity contribution is 6.18. The molecular formula is C10H11ClN2O. The van der Waals surface area contributed by atoms with E-state index in [9.17, 15) is 4.79 Å². The van der Waals surface area contributed by atoms with Crippen molar-refractivity contribution in [1.29, 1.82) is 0 Å². The molecule has 2 rings (SSSR count). The maximum absolute atomic E-state index is 11.5. The number of carbonyl (C=O) groups is 1. The van der Waals surface area contributed by atoms with Crippen molar-refractivity contribution in [2.45, 2.75) is 12.5 Å². The molecule has 0 saturated heterocycles. The zero-order valence-corrected chi connectivity index (χ0v) is 8.34. The fourth-order valence-corrected chi connectivity index (χ4v) is 1.72. The van der Waals surface area contributed by atoms with Gasteiger partial charge in [-0.05, 0) is 18.6 Å². The SMILES string of the molecule is O=C1Nc2ccccc2N[C@H]1CCCl. The normalized spacial score (nSPS) is 19.5. The first-order valence-corrected chi connectivity index (χ1v) is 5.07. The Morgan fingerprint density at radius 3 is 2.71 bits per heavy atom. The first-order chi connectivity index (χ1) is 6.81. The number of amides is 1. The van der Waals surface area contributed by atoms with Crippen LogP contribution in [0.25, 0.3) is 0 Å². The van der Waals surface area contributed by atoms with Crippen LogP contribution in [-0.2, 0) is 4.79 Å². The lowest BCUT2D eigenvalue weighted by molar-refractivity contribution is -0.117. The highest BCUT2D eigenvalue weighted by atomic mass is 35.5. The van der Waals surface area contributed by atoms with E-state index < -0.39 is 0 Å². The number of alkyl halides is 1. The van der Waals surface area contributed by atoms with Crippen molar-refractivity contribution >= 4 is 28.9 Å². The van der Waals surface area contributed by atoms with Gasteiger partial charge in [0.05, 0.1) is 11.4 Å². The van der Waals surface area contributed by atoms with Crippen molar-refractivity contribution in [2.24, 2.45) is 0 Å². The van der Waals surface area contributed by atoms with Gasteiger partial charge in [-0.25, -0.2) is 0 Å². The summed E-state index contributed by atoms with van der Waals surface area (Å²) in [5.41, 5.74) is 1.80. The van der Waals surface area contributed by atoms with E-state index in [1.807, 2.05) is 24.3 Å². The van der Waals surface area contributed by atoms with Crippen LogP contribution in [0.15, 0.2) is 24.3 Å². The van der Waals surface area contributed by atoms with E-state index >= 15 is 0 Å². The van der Waals surface area contributed by atoms with E-state index in [1.165, 1.54) is 0 Å². The molecule has 3 nitrogen and oxygen atoms in total. The number of carbonyl (C=O) groups excluding carboxylic acids is 1. The van der Waals surface area contributed by atoms with Crippen LogP contribution in [0, 0.1) is 0 Å². The van der Waals surface area contributed by atoms with Gasteiger partial charge in [-0.1, -0.05) is 12.1 Å². The van der Waals surface area contributed by atoms with Gasteiger partial charge in [-0.3, -0.25) is 4.79 Å². The van der Waals surface area contributed by atoms with Crippen LogP contribution in [0.4, 0.5) is 11.4 Å². The Morgan fingerprint density at radius 1 is 1.29 bits per heavy atom. The van der Waals surface area contributed by atoms with E-state index in [1.54, 1.807) is 0 Å². The van der Waals surface area contributed by atoms with Gasteiger partial charge in [0.15, 0.2) is 0 Å². The van der Waals surface area contributed by atoms with Crippen LogP contribution in [0.1, 0.15) is 6.42 Å². The van der Waals surface area contributed by atoms with Crippen molar-refractivity contribution in [1.82, 2.24) is 0 Å². The molecule has 1 aliphatic rings. The molecule has 0 bridgehead atoms. The summed E-state index contributed by atoms with van der Waals surface area (Å²) in [6, 6.07) is 7.43. The Hall–Kier alpha value is -1.22. The maximum Gasteiger partial charge on any atom is 0.246 e. The summed E-state index contributed by atoms with van der Waals surface area (Å²) in [5, 5.41) is 5.99. The minimum absolute atomic E-state index is 0.00986. The Morgan fingerprint density at radius 2 is 2.00 bits per heavy atom. The second-order valence-corrected chi connectivity index (χ2v) is 3.59. The number of hydrogen-bond acceptors (Lipinski definition) is 2. The molecule has 1 atom stereocenters. The summed E-state index contributed by atoms with van der Waals surface area (Å²) in [6.07, 6.45) is 0.641. The van der Waals surface area contributed by atoms with E-state index in [2.05, 4.69) is 10.6 Å². The second-order valence-electron chi connectivity index (χ2n) is 3.21. The third kappa shape index (κ3) is 1.68. The molecule has 1 amide bonds. The predicted octanol–water partition coefficient (Wildman–Crippen LogP) is 2.05. The van der Waals surface area contributed by atoms with Gasteiger partial charge in [0.2, 0.25) is 5.91 Å². The van der Waals surface area contributed by atoms with E-state index in [-0.39, 0.29) is 11.9 Å². The molecule has 0 aliphatic carbocycles. The van der Waals surface area contributed by atoms with Crippen LogP contribution in [0.3, 0.4) is 0 Å². The van der Waals surface area contributed by atoms with Gasteiger partial charge < -0.3 is 10.6 Å². The third-order valence-electron chi connectivity index (χ3n) is 2.23. The molecule has 4 heteroatoms. The molecule has 2 N–H and O–H groups in total. The van der Waals surface area contributed by atoms with Crippen LogP contribution in [-0.4, -0.2) is 17.8 Å². The minimum atomic E-state index is -0.206. The van der Waals surface area contributed by atoms with Crippen LogP contribution in [0.2, 0.25) is 0 Å². The average molecular weight is 211 g/mol. The number of halogens is 1. The second kappa shape index (κ2) is 3.88. The zero-order valence-electron chi connectivity index (χ0n) is 7.59. The number of benzene rings is 1. The number of hydrogen-bond donors (Lipinski definition) is 2. The van der Waals surface area contributed by atoms with Crippen molar-refractivity contribution in [3.8, 4) is 0 Å². The molecule has 1 aromatic rings. The van der Waals surface area contributed by atoms with Crippen LogP contribution >= 0.6 is 11.6 Å². The number of rotatable bonds is 2. The molecule has 14 heavy (non-hydrogen) atoms. The van der Waals surface area contributed by atoms with E-state index in [4.69, 9.17) is 11.6 Å². The summed E-state index contributed by atoms with van der Waals surface area (Å²) >= 11 is 5.61. The largest absolute Gasteiger partial charge is 0.372 e. The molecule has 0 aromatic heterocycles. The number of fused-ring (bicyclic) bond motifs is 1. The van der Waals surface area contributed by atoms with Gasteiger partial charge in [0, 0.05) is 5.88 Å². The van der Waals surface area contributed by atoms with Gasteiger partial charge in [-0.2, -0.15) is 0 Å². The molecule has 1 aliphatic heterocycles. The molecule has 1 heterocycles. The smallest absolute Gasteiger partial charge is 0.246 e. The standard InChI is InChI=1S/C10H11ClN2O/c11-6-5-9-10(14)13-8-4-2-1-3-7(8)12-9/h1-4,9,12H,5-6H2,(H,13,14)/t9-/m0/s1. The molecule has 0 spiro atoms. The minimum Gasteiger partial charge on any atom is -0.372 e. The summed E-state index contributed by atoms with van der Waals surface area (Å²) in [7, 11) is 0. The van der Waals surface area contributed by atoms with E-state index in [0.29, 0.717) is 12.3 Å². The van der Waals surface area contributed by atoms with Gasteiger partial charge >= 0.3 is 0 Å². The van der Waals surface area contributed by atoms with Gasteiger partial charge in [0.1, 0.15) is 6.04 Å². The molecule has 0 fully saturated rings. The van der Waals surface area contributed by atoms with Crippen molar-refractivity contribution in [2.75, 3.05) is 16.5 Å². The number of anilines is 2. The van der Waals surface area contributed by atoms with Crippen molar-refractivity contribution in [3.63, 3.8) is 0 Å². The fourth-order valence-electron chi connectivity index (χ4n) is 1.50. The lowest BCUT2D eigenvalue weighted by Gasteiger charge is -2.26. The number of para-hydroxylation sites is 2. The van der Waals surface area contributed by atoms with E-state index in [0.717, 1.165) is 11.4 Å². The maximum atomic E-state index is 11.5. The summed E-state index contributed by atoms with van der Waals surface area (Å²) in [4.78, 5) is 11.5. The Bertz CT molecular complexity index is 354. The van der Waals surface area contributed by atoms with Crippen LogP contribution < -0.4 is 10.6 Å². The molecule has 0 unspecified atom stereocenters. The third-order valence-corrected chi connectivity index (χ3v) is 2.45. The highest BCUT2D eigenvalue weighted by Crippen LogP contribution is 2.26. The molecule has 1 aromatic carbocycles. The van der Waals surface area contributed by atoms with Gasteiger partial charge in [-0.15, -0.1) is 11.6 Å². The molecule has 0 saturated carbocycles. The topological polar surface area (TPSA) is 41.1 Å². The lowest BCUT2D eigenvalue weighted by Crippen LogP contribution is -2.39. The first-order valence-electron chi connectivity index (χ1n) is 4.53. The Kier molecular flexibility index (Phi) is 2.59. The molecule has 0 radical (unpaired) electrons. The Balaban J connectivity index is 2.22. The first kappa shape index (κ1) is 9.34. The van der Waals surface area contributed by atoms with Crippen molar-refractivity contribution < 1.29 is 4.79 Å². The quantitative estimate of drug-likeness (QED) is 0.734. The summed E-state index contributed by atoms with van der Waals surface area (Å²) < 4.78 is 0. The van der Waals surface area contributed by atoms with Gasteiger partial charge in [0.25, 0.3) is 0 Å². The average Bonchev–Trinajstić information content (AvgIpc) is 2.19. The van der Waals surface area contributed by atoms with Crippen molar-refractivity contribution in [3.05, 3.63) is 24.3 Å². The molecule has 74 valence electrons. The summed E-state index contributed by atoms with van der Waals surface area (Å²) in [5.74, 6) is 0.470. The van der Waals surface area contributed by atoms with Crippen LogP contribution in [0.5, 0.6) is 0 Å². The zero-order chi connectivity index (χ0) is 9.97. The highest BCUT2D eigenvalue weighted by Gasteiger charge is 2.23. The lowest BCUT2D eigenvalue weighted by atomic mass is 10.1. The molecular weight excluding hydrogens is 200 g/mol. The Labute approximate surface area is 87.4 Å². The predicted molar refractivity (Wildman–Crippen MR) is 57.8 cm³/mol. The number of nitrogens with one attached hydrogen (secondary N) is 2. The fraction of sp³-hybridized carbons (Fsp3) is 0.300. The monoisotopic (exact) mass is 210 g/mol.